The first-order chi connectivity index (χ1) is 17.0. The number of piperidine rings is 1. The molecule has 1 amide bonds. The number of carbonyl (C=O) groups is 1. The molecule has 0 bridgehead atoms. The number of morpholine rings is 1. The van der Waals surface area contributed by atoms with Crippen molar-refractivity contribution in [2.24, 2.45) is 5.73 Å². The maximum atomic E-state index is 12.3. The van der Waals surface area contributed by atoms with E-state index in [1.165, 1.54) is 11.9 Å². The highest BCUT2D eigenvalue weighted by molar-refractivity contribution is 6.06. The van der Waals surface area contributed by atoms with Gasteiger partial charge in [0.15, 0.2) is 5.82 Å². The van der Waals surface area contributed by atoms with Gasteiger partial charge in [-0.25, -0.2) is 15.0 Å². The van der Waals surface area contributed by atoms with Crippen molar-refractivity contribution >= 4 is 22.8 Å². The molecule has 35 heavy (non-hydrogen) atoms. The van der Waals surface area contributed by atoms with Crippen LogP contribution in [0, 0.1) is 0 Å². The van der Waals surface area contributed by atoms with Crippen molar-refractivity contribution < 1.29 is 9.53 Å². The Morgan fingerprint density at radius 2 is 1.94 bits per heavy atom. The molecule has 0 saturated carbocycles. The molecule has 2 aliphatic rings. The van der Waals surface area contributed by atoms with E-state index in [0.717, 1.165) is 51.1 Å². The minimum atomic E-state index is -0.533. The summed E-state index contributed by atoms with van der Waals surface area (Å²) < 4.78 is 5.85. The molecule has 9 nitrogen and oxygen atoms in total. The van der Waals surface area contributed by atoms with Crippen LogP contribution in [0.25, 0.3) is 22.3 Å². The predicted molar refractivity (Wildman–Crippen MR) is 136 cm³/mol. The molecule has 2 aliphatic heterocycles. The van der Waals surface area contributed by atoms with Crippen LogP contribution in [0.3, 0.4) is 0 Å². The van der Waals surface area contributed by atoms with Gasteiger partial charge in [-0.15, -0.1) is 0 Å². The van der Waals surface area contributed by atoms with Gasteiger partial charge in [-0.3, -0.25) is 9.69 Å². The van der Waals surface area contributed by atoms with Crippen LogP contribution in [-0.2, 0) is 11.3 Å². The quantitative estimate of drug-likeness (QED) is 0.498. The summed E-state index contributed by atoms with van der Waals surface area (Å²) >= 11 is 0. The van der Waals surface area contributed by atoms with Crippen LogP contribution in [0.4, 0.5) is 5.82 Å². The molecule has 5 rings (SSSR count). The standard InChI is InChI=1S/C26H33N7O2/c1-16-12-33(13-17(2)35-16)14-18-5-7-19(8-6-18)22-10-21(25(27)34)23-24(32-22)26(30-15-29-23)31-20-4-3-9-28-11-20/h5-8,10,15-17,20,28H,3-4,9,11-14H2,1-2H3,(H2,27,34)(H,29,30,31)/t16-,17-,20+/m1/s1. The SMILES string of the molecule is C[C@@H]1CN(Cc2ccc(-c3cc(C(N)=O)c4ncnc(N[C@H]5CCCNC5)c4n3)cc2)C[C@@H](C)O1. The molecular weight excluding hydrogens is 442 g/mol. The van der Waals surface area contributed by atoms with Crippen LogP contribution in [0.5, 0.6) is 0 Å². The number of pyridine rings is 1. The molecule has 0 spiro atoms. The monoisotopic (exact) mass is 475 g/mol. The zero-order valence-corrected chi connectivity index (χ0v) is 20.3. The second-order valence-corrected chi connectivity index (χ2v) is 9.67. The number of hydrogen-bond donors (Lipinski definition) is 3. The number of carbonyl (C=O) groups excluding carboxylic acids is 1. The largest absolute Gasteiger partial charge is 0.373 e. The number of primary amides is 1. The number of amides is 1. The molecule has 9 heteroatoms. The van der Waals surface area contributed by atoms with Gasteiger partial charge in [-0.05, 0) is 44.9 Å². The van der Waals surface area contributed by atoms with Gasteiger partial charge in [0, 0.05) is 37.8 Å². The van der Waals surface area contributed by atoms with Gasteiger partial charge in [0.25, 0.3) is 5.91 Å². The Morgan fingerprint density at radius 1 is 1.17 bits per heavy atom. The molecule has 3 atom stereocenters. The average Bonchev–Trinajstić information content (AvgIpc) is 2.84. The summed E-state index contributed by atoms with van der Waals surface area (Å²) in [4.78, 5) is 28.4. The number of rotatable bonds is 6. The lowest BCUT2D eigenvalue weighted by Crippen LogP contribution is -2.44. The van der Waals surface area contributed by atoms with E-state index in [2.05, 4.69) is 51.5 Å². The number of anilines is 1. The molecule has 0 radical (unpaired) electrons. The van der Waals surface area contributed by atoms with E-state index in [1.54, 1.807) is 6.07 Å². The number of nitrogens with zero attached hydrogens (tertiary/aromatic N) is 4. The number of nitrogens with two attached hydrogens (primary N) is 1. The van der Waals surface area contributed by atoms with Crippen LogP contribution < -0.4 is 16.4 Å². The van der Waals surface area contributed by atoms with Gasteiger partial charge in [-0.1, -0.05) is 24.3 Å². The lowest BCUT2D eigenvalue weighted by atomic mass is 10.0. The Hall–Kier alpha value is -3.14. The van der Waals surface area contributed by atoms with Crippen molar-refractivity contribution in [3.63, 3.8) is 0 Å². The van der Waals surface area contributed by atoms with Crippen LogP contribution in [-0.4, -0.2) is 70.2 Å². The predicted octanol–water partition coefficient (Wildman–Crippen LogP) is 2.56. The Morgan fingerprint density at radius 3 is 2.63 bits per heavy atom. The molecule has 2 saturated heterocycles. The van der Waals surface area contributed by atoms with Crippen LogP contribution >= 0.6 is 0 Å². The van der Waals surface area contributed by atoms with E-state index < -0.39 is 5.91 Å². The maximum Gasteiger partial charge on any atom is 0.251 e. The third kappa shape index (κ3) is 5.42. The number of nitrogens with one attached hydrogen (secondary N) is 2. The molecule has 3 aromatic rings. The number of fused-ring (bicyclic) bond motifs is 1. The Labute approximate surface area is 205 Å². The van der Waals surface area contributed by atoms with Crippen molar-refractivity contribution in [3.05, 3.63) is 47.8 Å². The van der Waals surface area contributed by atoms with E-state index in [1.807, 2.05) is 12.1 Å². The van der Waals surface area contributed by atoms with E-state index in [-0.39, 0.29) is 18.2 Å². The van der Waals surface area contributed by atoms with Gasteiger partial charge < -0.3 is 21.1 Å². The molecule has 4 heterocycles. The second kappa shape index (κ2) is 10.2. The fraction of sp³-hybridized carbons (Fsp3) is 0.462. The molecule has 0 aliphatic carbocycles. The maximum absolute atomic E-state index is 12.3. The fourth-order valence-corrected chi connectivity index (χ4v) is 5.10. The second-order valence-electron chi connectivity index (χ2n) is 9.67. The molecule has 1 aromatic carbocycles. The number of aromatic nitrogens is 3. The van der Waals surface area contributed by atoms with Crippen LogP contribution in [0.2, 0.25) is 0 Å². The normalized spacial score (nSPS) is 23.3. The first-order valence-electron chi connectivity index (χ1n) is 12.4. The van der Waals surface area contributed by atoms with Crippen molar-refractivity contribution in [3.8, 4) is 11.3 Å². The minimum Gasteiger partial charge on any atom is -0.373 e. The first-order valence-corrected chi connectivity index (χ1v) is 12.4. The summed E-state index contributed by atoms with van der Waals surface area (Å²) in [5.41, 5.74) is 9.92. The zero-order chi connectivity index (χ0) is 24.4. The third-order valence-corrected chi connectivity index (χ3v) is 6.65. The summed E-state index contributed by atoms with van der Waals surface area (Å²) in [6.45, 7) is 8.83. The van der Waals surface area contributed by atoms with Crippen molar-refractivity contribution in [1.29, 1.82) is 0 Å². The van der Waals surface area contributed by atoms with Gasteiger partial charge in [0.05, 0.1) is 23.5 Å². The first kappa shape index (κ1) is 23.6. The number of benzene rings is 1. The van der Waals surface area contributed by atoms with E-state index in [9.17, 15) is 4.79 Å². The highest BCUT2D eigenvalue weighted by Crippen LogP contribution is 2.28. The van der Waals surface area contributed by atoms with Crippen molar-refractivity contribution in [1.82, 2.24) is 25.2 Å². The summed E-state index contributed by atoms with van der Waals surface area (Å²) in [5, 5.41) is 6.88. The van der Waals surface area contributed by atoms with Gasteiger partial charge in [0.1, 0.15) is 17.4 Å². The van der Waals surface area contributed by atoms with E-state index in [0.29, 0.717) is 28.1 Å². The van der Waals surface area contributed by atoms with Crippen LogP contribution in [0.1, 0.15) is 42.6 Å². The summed E-state index contributed by atoms with van der Waals surface area (Å²) in [5.74, 6) is 0.0926. The Balaban J connectivity index is 1.44. The van der Waals surface area contributed by atoms with E-state index in [4.69, 9.17) is 15.5 Å². The van der Waals surface area contributed by atoms with Crippen molar-refractivity contribution in [2.75, 3.05) is 31.5 Å². The average molecular weight is 476 g/mol. The lowest BCUT2D eigenvalue weighted by Gasteiger charge is -2.35. The Bertz CT molecular complexity index is 1180. The van der Waals surface area contributed by atoms with E-state index >= 15 is 0 Å². The number of ether oxygens (including phenoxy) is 1. The summed E-state index contributed by atoms with van der Waals surface area (Å²) in [7, 11) is 0. The third-order valence-electron chi connectivity index (χ3n) is 6.65. The minimum absolute atomic E-state index is 0.237. The topological polar surface area (TPSA) is 118 Å². The molecule has 4 N–H and O–H groups in total. The molecule has 2 fully saturated rings. The summed E-state index contributed by atoms with van der Waals surface area (Å²) in [6, 6.07) is 10.3. The fourth-order valence-electron chi connectivity index (χ4n) is 5.10. The lowest BCUT2D eigenvalue weighted by molar-refractivity contribution is -0.0704. The zero-order valence-electron chi connectivity index (χ0n) is 20.3. The van der Waals surface area contributed by atoms with Gasteiger partial charge >= 0.3 is 0 Å². The summed E-state index contributed by atoms with van der Waals surface area (Å²) in [6.07, 6.45) is 4.07. The molecule has 184 valence electrons. The molecular formula is C26H33N7O2. The van der Waals surface area contributed by atoms with Crippen molar-refractivity contribution in [2.45, 2.75) is 51.5 Å². The molecule has 2 aromatic heterocycles. The highest BCUT2D eigenvalue weighted by atomic mass is 16.5. The smallest absolute Gasteiger partial charge is 0.251 e. The highest BCUT2D eigenvalue weighted by Gasteiger charge is 2.22. The number of hydrogen-bond acceptors (Lipinski definition) is 8. The van der Waals surface area contributed by atoms with Gasteiger partial charge in [0.2, 0.25) is 0 Å². The van der Waals surface area contributed by atoms with Crippen LogP contribution in [0.15, 0.2) is 36.7 Å². The molecule has 0 unspecified atom stereocenters. The van der Waals surface area contributed by atoms with Gasteiger partial charge in [-0.2, -0.15) is 0 Å². The Kier molecular flexibility index (Phi) is 6.90.